The molecule has 21 heavy (non-hydrogen) atoms. The van der Waals surface area contributed by atoms with Gasteiger partial charge in [0.25, 0.3) is 0 Å². The van der Waals surface area contributed by atoms with E-state index < -0.39 is 0 Å². The summed E-state index contributed by atoms with van der Waals surface area (Å²) >= 11 is 1.78. The van der Waals surface area contributed by atoms with E-state index in [1.807, 2.05) is 0 Å². The van der Waals surface area contributed by atoms with Crippen LogP contribution in [0.2, 0.25) is 0 Å². The van der Waals surface area contributed by atoms with Crippen molar-refractivity contribution in [3.63, 3.8) is 0 Å². The topological polar surface area (TPSA) is 29.3 Å². The number of benzene rings is 1. The van der Waals surface area contributed by atoms with Crippen molar-refractivity contribution in [1.82, 2.24) is 4.90 Å². The molecule has 1 aromatic carbocycles. The third kappa shape index (κ3) is 3.37. The minimum absolute atomic E-state index is 0.330. The largest absolute Gasteiger partial charge is 0.329 e. The molecule has 1 heterocycles. The van der Waals surface area contributed by atoms with Crippen LogP contribution in [0.5, 0.6) is 0 Å². The summed E-state index contributed by atoms with van der Waals surface area (Å²) in [6, 6.07) is 10.1. The van der Waals surface area contributed by atoms with Gasteiger partial charge in [-0.3, -0.25) is 4.90 Å². The van der Waals surface area contributed by atoms with Gasteiger partial charge in [0.2, 0.25) is 0 Å². The summed E-state index contributed by atoms with van der Waals surface area (Å²) in [5, 5.41) is 4.41. The van der Waals surface area contributed by atoms with Gasteiger partial charge >= 0.3 is 0 Å². The predicted octanol–water partition coefficient (Wildman–Crippen LogP) is 4.03. The van der Waals surface area contributed by atoms with Crippen LogP contribution in [-0.2, 0) is 6.54 Å². The first kappa shape index (κ1) is 14.8. The fraction of sp³-hybridized carbons (Fsp3) is 0.444. The molecule has 2 nitrogen and oxygen atoms in total. The van der Waals surface area contributed by atoms with E-state index in [9.17, 15) is 0 Å². The maximum absolute atomic E-state index is 6.15. The van der Waals surface area contributed by atoms with Gasteiger partial charge in [-0.05, 0) is 65.8 Å². The van der Waals surface area contributed by atoms with E-state index in [2.05, 4.69) is 53.8 Å². The van der Waals surface area contributed by atoms with E-state index in [-0.39, 0.29) is 0 Å². The molecule has 1 aliphatic carbocycles. The van der Waals surface area contributed by atoms with Gasteiger partial charge in [0.15, 0.2) is 0 Å². The Labute approximate surface area is 131 Å². The molecule has 0 amide bonds. The Bertz CT molecular complexity index is 587. The summed E-state index contributed by atoms with van der Waals surface area (Å²) in [6.45, 7) is 6.05. The number of hydrogen-bond acceptors (Lipinski definition) is 3. The molecule has 1 unspecified atom stereocenters. The first-order chi connectivity index (χ1) is 10.2. The smallest absolute Gasteiger partial charge is 0.0477 e. The van der Waals surface area contributed by atoms with Gasteiger partial charge < -0.3 is 5.73 Å². The molecule has 1 aliphatic rings. The summed E-state index contributed by atoms with van der Waals surface area (Å²) in [5.74, 6) is 0. The SMILES string of the molecule is Cc1ccc(C(CN)N(Cc2ccsc2)C2CC2)cc1C. The lowest BCUT2D eigenvalue weighted by molar-refractivity contribution is 0.182. The number of nitrogens with zero attached hydrogens (tertiary/aromatic N) is 1. The van der Waals surface area contributed by atoms with E-state index in [0.717, 1.165) is 6.54 Å². The average molecular weight is 300 g/mol. The molecule has 0 spiro atoms. The standard InChI is InChI=1S/C18H24N2S/c1-13-3-4-16(9-14(13)2)18(10-19)20(17-5-6-17)11-15-7-8-21-12-15/h3-4,7-9,12,17-18H,5-6,10-11,19H2,1-2H3. The van der Waals surface area contributed by atoms with E-state index in [0.29, 0.717) is 18.6 Å². The molecule has 2 aromatic rings. The second-order valence-corrected chi connectivity index (χ2v) is 6.91. The number of rotatable bonds is 6. The van der Waals surface area contributed by atoms with Gasteiger partial charge in [-0.2, -0.15) is 11.3 Å². The minimum atomic E-state index is 0.330. The third-order valence-electron chi connectivity index (χ3n) is 4.50. The van der Waals surface area contributed by atoms with Crippen LogP contribution in [0, 0.1) is 13.8 Å². The van der Waals surface area contributed by atoms with Gasteiger partial charge in [-0.15, -0.1) is 0 Å². The summed E-state index contributed by atoms with van der Waals surface area (Å²) in [5.41, 5.74) is 11.6. The highest BCUT2D eigenvalue weighted by atomic mass is 32.1. The lowest BCUT2D eigenvalue weighted by atomic mass is 9.99. The Morgan fingerprint density at radius 1 is 1.24 bits per heavy atom. The van der Waals surface area contributed by atoms with Gasteiger partial charge in [0.05, 0.1) is 0 Å². The zero-order valence-electron chi connectivity index (χ0n) is 12.9. The summed E-state index contributed by atoms with van der Waals surface area (Å²) < 4.78 is 0. The highest BCUT2D eigenvalue weighted by Crippen LogP contribution is 2.36. The molecular weight excluding hydrogens is 276 g/mol. The Morgan fingerprint density at radius 3 is 2.62 bits per heavy atom. The first-order valence-corrected chi connectivity index (χ1v) is 8.67. The van der Waals surface area contributed by atoms with Crippen molar-refractivity contribution < 1.29 is 0 Å². The van der Waals surface area contributed by atoms with Crippen molar-refractivity contribution in [1.29, 1.82) is 0 Å². The molecule has 1 atom stereocenters. The Balaban J connectivity index is 1.86. The fourth-order valence-corrected chi connectivity index (χ4v) is 3.59. The first-order valence-electron chi connectivity index (χ1n) is 7.73. The molecule has 3 rings (SSSR count). The van der Waals surface area contributed by atoms with E-state index in [1.54, 1.807) is 11.3 Å². The maximum atomic E-state index is 6.15. The van der Waals surface area contributed by atoms with Crippen molar-refractivity contribution in [2.45, 2.75) is 45.3 Å². The highest BCUT2D eigenvalue weighted by Gasteiger charge is 2.34. The summed E-state index contributed by atoms with van der Waals surface area (Å²) in [6.07, 6.45) is 2.62. The zero-order valence-corrected chi connectivity index (χ0v) is 13.7. The van der Waals surface area contributed by atoms with Crippen LogP contribution in [0.15, 0.2) is 35.0 Å². The minimum Gasteiger partial charge on any atom is -0.329 e. The van der Waals surface area contributed by atoms with E-state index in [4.69, 9.17) is 5.73 Å². The van der Waals surface area contributed by atoms with Crippen LogP contribution in [-0.4, -0.2) is 17.5 Å². The van der Waals surface area contributed by atoms with Crippen molar-refractivity contribution in [3.05, 3.63) is 57.3 Å². The highest BCUT2D eigenvalue weighted by molar-refractivity contribution is 7.07. The molecule has 0 radical (unpaired) electrons. The van der Waals surface area contributed by atoms with Crippen molar-refractivity contribution >= 4 is 11.3 Å². The Kier molecular flexibility index (Phi) is 4.43. The monoisotopic (exact) mass is 300 g/mol. The van der Waals surface area contributed by atoms with Crippen molar-refractivity contribution in [2.75, 3.05) is 6.54 Å². The van der Waals surface area contributed by atoms with Crippen LogP contribution in [0.1, 0.15) is 41.1 Å². The van der Waals surface area contributed by atoms with Crippen LogP contribution in [0.4, 0.5) is 0 Å². The fourth-order valence-electron chi connectivity index (χ4n) is 2.93. The Hall–Kier alpha value is -1.16. The lowest BCUT2D eigenvalue weighted by Gasteiger charge is -2.31. The predicted molar refractivity (Wildman–Crippen MR) is 90.6 cm³/mol. The van der Waals surface area contributed by atoms with Gasteiger partial charge in [0.1, 0.15) is 0 Å². The van der Waals surface area contributed by atoms with Gasteiger partial charge in [-0.1, -0.05) is 18.2 Å². The Morgan fingerprint density at radius 2 is 2.05 bits per heavy atom. The second kappa shape index (κ2) is 6.30. The van der Waals surface area contributed by atoms with Crippen molar-refractivity contribution in [2.24, 2.45) is 5.73 Å². The maximum Gasteiger partial charge on any atom is 0.0477 e. The van der Waals surface area contributed by atoms with E-state index >= 15 is 0 Å². The summed E-state index contributed by atoms with van der Waals surface area (Å²) in [4.78, 5) is 2.60. The van der Waals surface area contributed by atoms with Crippen LogP contribution >= 0.6 is 11.3 Å². The number of aryl methyl sites for hydroxylation is 2. The molecule has 1 saturated carbocycles. The quantitative estimate of drug-likeness (QED) is 0.872. The van der Waals surface area contributed by atoms with E-state index in [1.165, 1.54) is 35.1 Å². The average Bonchev–Trinajstić information content (AvgIpc) is 3.20. The molecular formula is C18H24N2S. The second-order valence-electron chi connectivity index (χ2n) is 6.13. The molecule has 1 aromatic heterocycles. The molecule has 0 aliphatic heterocycles. The van der Waals surface area contributed by atoms with Crippen molar-refractivity contribution in [3.8, 4) is 0 Å². The molecule has 0 saturated heterocycles. The zero-order chi connectivity index (χ0) is 14.8. The summed E-state index contributed by atoms with van der Waals surface area (Å²) in [7, 11) is 0. The third-order valence-corrected chi connectivity index (χ3v) is 5.23. The van der Waals surface area contributed by atoms with Crippen LogP contribution < -0.4 is 5.73 Å². The molecule has 1 fully saturated rings. The molecule has 0 bridgehead atoms. The van der Waals surface area contributed by atoms with Gasteiger partial charge in [0, 0.05) is 25.2 Å². The lowest BCUT2D eigenvalue weighted by Crippen LogP contribution is -2.35. The van der Waals surface area contributed by atoms with Crippen LogP contribution in [0.3, 0.4) is 0 Å². The number of thiophene rings is 1. The molecule has 112 valence electrons. The normalized spacial score (nSPS) is 16.4. The molecule has 3 heteroatoms. The van der Waals surface area contributed by atoms with Crippen LogP contribution in [0.25, 0.3) is 0 Å². The van der Waals surface area contributed by atoms with Gasteiger partial charge in [-0.25, -0.2) is 0 Å². The number of nitrogens with two attached hydrogens (primary N) is 1. The molecule has 2 N–H and O–H groups in total. The number of hydrogen-bond donors (Lipinski definition) is 1.